The third-order valence-corrected chi connectivity index (χ3v) is 3.23. The zero-order chi connectivity index (χ0) is 11.6. The Morgan fingerprint density at radius 2 is 1.65 bits per heavy atom. The van der Waals surface area contributed by atoms with Crippen LogP contribution >= 0.6 is 28.3 Å². The fraction of sp³-hybridized carbons (Fsp3) is 0.571. The average molecular weight is 321 g/mol. The Kier molecular flexibility index (Phi) is 11.0. The third kappa shape index (κ3) is 8.64. The van der Waals surface area contributed by atoms with Gasteiger partial charge in [-0.25, -0.2) is 0 Å². The Balaban J connectivity index is 0.00000256. The van der Waals surface area contributed by atoms with E-state index in [1.807, 2.05) is 0 Å². The van der Waals surface area contributed by atoms with Crippen molar-refractivity contribution in [1.82, 2.24) is 5.32 Å². The van der Waals surface area contributed by atoms with Gasteiger partial charge in [0.05, 0.1) is 0 Å². The normalized spacial score (nSPS) is 10.0. The molecule has 1 aromatic rings. The first kappa shape index (κ1) is 16.9. The number of benzene rings is 1. The predicted molar refractivity (Wildman–Crippen MR) is 81.9 cm³/mol. The predicted octanol–water partition coefficient (Wildman–Crippen LogP) is 4.93. The molecule has 0 spiro atoms. The fourth-order valence-corrected chi connectivity index (χ4v) is 1.95. The molecular weight excluding hydrogens is 298 g/mol. The SMILES string of the molecule is CCCCCCCNCc1ccc(Br)cc1.Cl. The van der Waals surface area contributed by atoms with Crippen LogP contribution in [0.15, 0.2) is 28.7 Å². The lowest BCUT2D eigenvalue weighted by Gasteiger charge is -2.05. The fourth-order valence-electron chi connectivity index (χ4n) is 1.69. The van der Waals surface area contributed by atoms with Gasteiger partial charge in [0.2, 0.25) is 0 Å². The van der Waals surface area contributed by atoms with E-state index in [1.54, 1.807) is 0 Å². The number of hydrogen-bond acceptors (Lipinski definition) is 1. The van der Waals surface area contributed by atoms with Crippen molar-refractivity contribution < 1.29 is 0 Å². The van der Waals surface area contributed by atoms with Crippen LogP contribution in [0.25, 0.3) is 0 Å². The van der Waals surface area contributed by atoms with Crippen molar-refractivity contribution in [2.24, 2.45) is 0 Å². The minimum absolute atomic E-state index is 0. The van der Waals surface area contributed by atoms with E-state index >= 15 is 0 Å². The molecule has 0 aliphatic carbocycles. The highest BCUT2D eigenvalue weighted by Gasteiger charge is 1.93. The maximum atomic E-state index is 3.48. The van der Waals surface area contributed by atoms with Crippen LogP contribution in [0.4, 0.5) is 0 Å². The topological polar surface area (TPSA) is 12.0 Å². The number of hydrogen-bond donors (Lipinski definition) is 1. The van der Waals surface area contributed by atoms with Gasteiger partial charge in [0, 0.05) is 11.0 Å². The molecule has 0 aromatic heterocycles. The molecule has 1 rings (SSSR count). The molecule has 1 N–H and O–H groups in total. The number of rotatable bonds is 8. The van der Waals surface area contributed by atoms with Crippen molar-refractivity contribution in [1.29, 1.82) is 0 Å². The molecule has 0 saturated heterocycles. The zero-order valence-corrected chi connectivity index (χ0v) is 12.9. The highest BCUT2D eigenvalue weighted by Crippen LogP contribution is 2.10. The van der Waals surface area contributed by atoms with E-state index in [4.69, 9.17) is 0 Å². The molecule has 0 aliphatic rings. The summed E-state index contributed by atoms with van der Waals surface area (Å²) in [6.45, 7) is 4.38. The molecule has 0 bridgehead atoms. The lowest BCUT2D eigenvalue weighted by molar-refractivity contribution is 0.583. The lowest BCUT2D eigenvalue weighted by atomic mass is 10.1. The summed E-state index contributed by atoms with van der Waals surface area (Å²) in [4.78, 5) is 0. The quantitative estimate of drug-likeness (QED) is 0.670. The second kappa shape index (κ2) is 11.1. The standard InChI is InChI=1S/C14H22BrN.ClH/c1-2-3-4-5-6-11-16-12-13-7-9-14(15)10-8-13;/h7-10,16H,2-6,11-12H2,1H3;1H. The molecular formula is C14H23BrClN. The molecule has 0 saturated carbocycles. The highest BCUT2D eigenvalue weighted by molar-refractivity contribution is 9.10. The number of halogens is 2. The molecule has 0 atom stereocenters. The van der Waals surface area contributed by atoms with Gasteiger partial charge in [-0.2, -0.15) is 0 Å². The van der Waals surface area contributed by atoms with Gasteiger partial charge in [0.15, 0.2) is 0 Å². The molecule has 0 heterocycles. The molecule has 98 valence electrons. The van der Waals surface area contributed by atoms with Crippen LogP contribution in [0.1, 0.15) is 44.6 Å². The lowest BCUT2D eigenvalue weighted by Crippen LogP contribution is -2.14. The third-order valence-electron chi connectivity index (χ3n) is 2.70. The first-order chi connectivity index (χ1) is 7.83. The molecule has 0 amide bonds. The maximum absolute atomic E-state index is 3.48. The van der Waals surface area contributed by atoms with Gasteiger partial charge in [0.25, 0.3) is 0 Å². The minimum Gasteiger partial charge on any atom is -0.313 e. The van der Waals surface area contributed by atoms with E-state index in [0.29, 0.717) is 0 Å². The van der Waals surface area contributed by atoms with Crippen LogP contribution in [0.5, 0.6) is 0 Å². The molecule has 3 heteroatoms. The zero-order valence-electron chi connectivity index (χ0n) is 10.5. The first-order valence-electron chi connectivity index (χ1n) is 6.28. The Morgan fingerprint density at radius 1 is 1.00 bits per heavy atom. The monoisotopic (exact) mass is 319 g/mol. The molecule has 17 heavy (non-hydrogen) atoms. The summed E-state index contributed by atoms with van der Waals surface area (Å²) in [5.74, 6) is 0. The van der Waals surface area contributed by atoms with E-state index in [1.165, 1.54) is 37.7 Å². The molecule has 0 fully saturated rings. The smallest absolute Gasteiger partial charge is 0.0205 e. The van der Waals surface area contributed by atoms with Crippen LogP contribution in [-0.4, -0.2) is 6.54 Å². The number of unbranched alkanes of at least 4 members (excludes halogenated alkanes) is 4. The van der Waals surface area contributed by atoms with Crippen molar-refractivity contribution in [2.45, 2.75) is 45.6 Å². The summed E-state index contributed by atoms with van der Waals surface area (Å²) in [5, 5.41) is 3.48. The van der Waals surface area contributed by atoms with E-state index in [0.717, 1.165) is 17.6 Å². The molecule has 1 nitrogen and oxygen atoms in total. The highest BCUT2D eigenvalue weighted by atomic mass is 79.9. The van der Waals surface area contributed by atoms with Crippen molar-refractivity contribution in [3.63, 3.8) is 0 Å². The molecule has 0 unspecified atom stereocenters. The summed E-state index contributed by atoms with van der Waals surface area (Å²) in [5.41, 5.74) is 1.36. The summed E-state index contributed by atoms with van der Waals surface area (Å²) in [6, 6.07) is 8.51. The van der Waals surface area contributed by atoms with Crippen molar-refractivity contribution in [3.05, 3.63) is 34.3 Å². The van der Waals surface area contributed by atoms with Crippen LogP contribution in [0.3, 0.4) is 0 Å². The Bertz CT molecular complexity index is 274. The van der Waals surface area contributed by atoms with Gasteiger partial charge in [0.1, 0.15) is 0 Å². The summed E-state index contributed by atoms with van der Waals surface area (Å²) < 4.78 is 1.15. The first-order valence-corrected chi connectivity index (χ1v) is 7.07. The Hall–Kier alpha value is -0.0500. The van der Waals surface area contributed by atoms with Crippen LogP contribution < -0.4 is 5.32 Å². The van der Waals surface area contributed by atoms with Crippen molar-refractivity contribution >= 4 is 28.3 Å². The average Bonchev–Trinajstić information content (AvgIpc) is 2.30. The summed E-state index contributed by atoms with van der Waals surface area (Å²) >= 11 is 3.44. The molecule has 0 radical (unpaired) electrons. The molecule has 0 aliphatic heterocycles. The van der Waals surface area contributed by atoms with E-state index < -0.39 is 0 Å². The largest absolute Gasteiger partial charge is 0.313 e. The molecule has 1 aromatic carbocycles. The van der Waals surface area contributed by atoms with Crippen LogP contribution in [0.2, 0.25) is 0 Å². The van der Waals surface area contributed by atoms with Crippen molar-refractivity contribution in [2.75, 3.05) is 6.54 Å². The Labute approximate surface area is 120 Å². The van der Waals surface area contributed by atoms with Gasteiger partial charge in [-0.3, -0.25) is 0 Å². The van der Waals surface area contributed by atoms with E-state index in [9.17, 15) is 0 Å². The van der Waals surface area contributed by atoms with Gasteiger partial charge < -0.3 is 5.32 Å². The van der Waals surface area contributed by atoms with Gasteiger partial charge in [-0.1, -0.05) is 60.7 Å². The summed E-state index contributed by atoms with van der Waals surface area (Å²) in [7, 11) is 0. The number of nitrogens with one attached hydrogen (secondary N) is 1. The minimum atomic E-state index is 0. The Morgan fingerprint density at radius 3 is 2.29 bits per heavy atom. The second-order valence-corrected chi connectivity index (χ2v) is 5.13. The van der Waals surface area contributed by atoms with Gasteiger partial charge >= 0.3 is 0 Å². The van der Waals surface area contributed by atoms with Crippen LogP contribution in [0, 0.1) is 0 Å². The summed E-state index contributed by atoms with van der Waals surface area (Å²) in [6.07, 6.45) is 6.76. The van der Waals surface area contributed by atoms with Crippen molar-refractivity contribution in [3.8, 4) is 0 Å². The van der Waals surface area contributed by atoms with Gasteiger partial charge in [-0.05, 0) is 30.7 Å². The maximum Gasteiger partial charge on any atom is 0.0205 e. The second-order valence-electron chi connectivity index (χ2n) is 4.22. The van der Waals surface area contributed by atoms with E-state index in [2.05, 4.69) is 52.4 Å². The van der Waals surface area contributed by atoms with Crippen LogP contribution in [-0.2, 0) is 6.54 Å². The van der Waals surface area contributed by atoms with Gasteiger partial charge in [-0.15, -0.1) is 12.4 Å². The van der Waals surface area contributed by atoms with E-state index in [-0.39, 0.29) is 12.4 Å².